The third-order valence-electron chi connectivity index (χ3n) is 4.13. The second kappa shape index (κ2) is 8.73. The van der Waals surface area contributed by atoms with Gasteiger partial charge < -0.3 is 10.1 Å². The topological polar surface area (TPSA) is 21.3 Å². The molecule has 124 valence electrons. The van der Waals surface area contributed by atoms with E-state index in [1.165, 1.54) is 16.7 Å². The molecule has 2 nitrogen and oxygen atoms in total. The zero-order valence-corrected chi connectivity index (χ0v) is 14.8. The number of nitrogens with one attached hydrogen (secondary N) is 1. The predicted octanol–water partition coefficient (Wildman–Crippen LogP) is 4.79. The monoisotopic (exact) mass is 311 g/mol. The van der Waals surface area contributed by atoms with Crippen molar-refractivity contribution >= 4 is 0 Å². The van der Waals surface area contributed by atoms with Crippen LogP contribution in [0.25, 0.3) is 0 Å². The molecule has 0 amide bonds. The quantitative estimate of drug-likeness (QED) is 0.757. The van der Waals surface area contributed by atoms with Crippen LogP contribution in [0.15, 0.2) is 48.5 Å². The van der Waals surface area contributed by atoms with E-state index in [9.17, 15) is 0 Å². The summed E-state index contributed by atoms with van der Waals surface area (Å²) < 4.78 is 5.18. The molecular weight excluding hydrogens is 282 g/mol. The molecule has 0 saturated carbocycles. The smallest absolute Gasteiger partial charge is 0.118 e. The van der Waals surface area contributed by atoms with Gasteiger partial charge in [-0.25, -0.2) is 0 Å². The predicted molar refractivity (Wildman–Crippen MR) is 98.1 cm³/mol. The van der Waals surface area contributed by atoms with Crippen LogP contribution in [0.2, 0.25) is 0 Å². The van der Waals surface area contributed by atoms with Gasteiger partial charge in [0.05, 0.1) is 7.11 Å². The first-order chi connectivity index (χ1) is 11.1. The largest absolute Gasteiger partial charge is 0.497 e. The molecule has 1 unspecified atom stereocenters. The summed E-state index contributed by atoms with van der Waals surface area (Å²) in [5.41, 5.74) is 4.12. The van der Waals surface area contributed by atoms with Gasteiger partial charge in [-0.05, 0) is 47.1 Å². The van der Waals surface area contributed by atoms with E-state index in [0.29, 0.717) is 11.8 Å². The Bertz CT molecular complexity index is 572. The molecule has 0 aliphatic carbocycles. The highest BCUT2D eigenvalue weighted by Gasteiger charge is 2.06. The molecule has 2 aromatic carbocycles. The molecule has 0 saturated heterocycles. The van der Waals surface area contributed by atoms with Crippen LogP contribution < -0.4 is 10.1 Å². The van der Waals surface area contributed by atoms with E-state index in [1.54, 1.807) is 7.11 Å². The fourth-order valence-electron chi connectivity index (χ4n) is 2.75. The molecule has 0 aromatic heterocycles. The first-order valence-electron chi connectivity index (χ1n) is 8.51. The van der Waals surface area contributed by atoms with E-state index in [1.807, 2.05) is 12.1 Å². The van der Waals surface area contributed by atoms with E-state index in [-0.39, 0.29) is 0 Å². The van der Waals surface area contributed by atoms with Crippen LogP contribution in [-0.2, 0) is 13.0 Å². The van der Waals surface area contributed by atoms with Gasteiger partial charge in [0, 0.05) is 13.1 Å². The minimum Gasteiger partial charge on any atom is -0.497 e. The van der Waals surface area contributed by atoms with Crippen molar-refractivity contribution in [3.8, 4) is 5.75 Å². The molecule has 2 rings (SSSR count). The second-order valence-electron chi connectivity index (χ2n) is 6.72. The Morgan fingerprint density at radius 1 is 0.870 bits per heavy atom. The highest BCUT2D eigenvalue weighted by Crippen LogP contribution is 2.17. The number of hydrogen-bond donors (Lipinski definition) is 1. The summed E-state index contributed by atoms with van der Waals surface area (Å²) in [6.45, 7) is 8.67. The van der Waals surface area contributed by atoms with Gasteiger partial charge in [0.15, 0.2) is 0 Å². The van der Waals surface area contributed by atoms with Crippen molar-refractivity contribution in [2.24, 2.45) is 5.92 Å². The first-order valence-corrected chi connectivity index (χ1v) is 8.51. The number of methoxy groups -OCH3 is 1. The van der Waals surface area contributed by atoms with Crippen LogP contribution in [0.1, 0.15) is 43.4 Å². The van der Waals surface area contributed by atoms with Gasteiger partial charge >= 0.3 is 0 Å². The lowest BCUT2D eigenvalue weighted by molar-refractivity contribution is 0.414. The maximum absolute atomic E-state index is 5.18. The Morgan fingerprint density at radius 2 is 1.48 bits per heavy atom. The minimum absolute atomic E-state index is 0.515. The molecular formula is C21H29NO. The molecule has 0 fully saturated rings. The van der Waals surface area contributed by atoms with Crippen LogP contribution in [0.5, 0.6) is 5.75 Å². The van der Waals surface area contributed by atoms with Crippen molar-refractivity contribution in [1.82, 2.24) is 5.32 Å². The lowest BCUT2D eigenvalue weighted by atomic mass is 9.97. The van der Waals surface area contributed by atoms with E-state index >= 15 is 0 Å². The third kappa shape index (κ3) is 5.72. The summed E-state index contributed by atoms with van der Waals surface area (Å²) >= 11 is 0. The standard InChI is InChI=1S/C21H29NO/c1-16(2)13-18-5-9-20(10-6-18)17(3)14-22-15-19-7-11-21(23-4)12-8-19/h5-12,16-17,22H,13-15H2,1-4H3. The van der Waals surface area contributed by atoms with Crippen molar-refractivity contribution in [2.75, 3.05) is 13.7 Å². The third-order valence-corrected chi connectivity index (χ3v) is 4.13. The van der Waals surface area contributed by atoms with E-state index in [0.717, 1.165) is 25.3 Å². The van der Waals surface area contributed by atoms with Crippen LogP contribution in [0.3, 0.4) is 0 Å². The lowest BCUT2D eigenvalue weighted by Gasteiger charge is -2.14. The molecule has 0 bridgehead atoms. The van der Waals surface area contributed by atoms with Gasteiger partial charge in [-0.3, -0.25) is 0 Å². The van der Waals surface area contributed by atoms with Gasteiger partial charge in [0.1, 0.15) is 5.75 Å². The number of benzene rings is 2. The van der Waals surface area contributed by atoms with E-state index < -0.39 is 0 Å². The molecule has 0 aliphatic heterocycles. The molecule has 1 atom stereocenters. The van der Waals surface area contributed by atoms with Crippen molar-refractivity contribution in [1.29, 1.82) is 0 Å². The Kier molecular flexibility index (Phi) is 6.66. The van der Waals surface area contributed by atoms with Gasteiger partial charge in [0.2, 0.25) is 0 Å². The maximum atomic E-state index is 5.18. The van der Waals surface area contributed by atoms with Gasteiger partial charge in [-0.15, -0.1) is 0 Å². The SMILES string of the molecule is COc1ccc(CNCC(C)c2ccc(CC(C)C)cc2)cc1. The van der Waals surface area contributed by atoms with E-state index in [2.05, 4.69) is 62.5 Å². The molecule has 0 radical (unpaired) electrons. The van der Waals surface area contributed by atoms with Gasteiger partial charge in [0.25, 0.3) is 0 Å². The zero-order chi connectivity index (χ0) is 16.7. The Labute approximate surface area is 140 Å². The Balaban J connectivity index is 1.80. The van der Waals surface area contributed by atoms with Crippen molar-refractivity contribution in [2.45, 2.75) is 39.7 Å². The Hall–Kier alpha value is -1.80. The van der Waals surface area contributed by atoms with Gasteiger partial charge in [-0.1, -0.05) is 57.2 Å². The molecule has 23 heavy (non-hydrogen) atoms. The summed E-state index contributed by atoms with van der Waals surface area (Å²) in [4.78, 5) is 0. The van der Waals surface area contributed by atoms with Crippen LogP contribution in [0, 0.1) is 5.92 Å². The fraction of sp³-hybridized carbons (Fsp3) is 0.429. The number of hydrogen-bond acceptors (Lipinski definition) is 2. The summed E-state index contributed by atoms with van der Waals surface area (Å²) in [6.07, 6.45) is 1.16. The maximum Gasteiger partial charge on any atom is 0.118 e. The second-order valence-corrected chi connectivity index (χ2v) is 6.72. The summed E-state index contributed by atoms with van der Waals surface area (Å²) in [5.74, 6) is 2.13. The molecule has 0 spiro atoms. The summed E-state index contributed by atoms with van der Waals surface area (Å²) in [5, 5.41) is 3.54. The minimum atomic E-state index is 0.515. The summed E-state index contributed by atoms with van der Waals surface area (Å²) in [7, 11) is 1.70. The highest BCUT2D eigenvalue weighted by molar-refractivity contribution is 5.27. The van der Waals surface area contributed by atoms with E-state index in [4.69, 9.17) is 4.74 Å². The van der Waals surface area contributed by atoms with Crippen molar-refractivity contribution < 1.29 is 4.74 Å². The van der Waals surface area contributed by atoms with Crippen LogP contribution >= 0.6 is 0 Å². The van der Waals surface area contributed by atoms with Crippen molar-refractivity contribution in [3.05, 3.63) is 65.2 Å². The Morgan fingerprint density at radius 3 is 2.04 bits per heavy atom. The van der Waals surface area contributed by atoms with Crippen LogP contribution in [-0.4, -0.2) is 13.7 Å². The first kappa shape index (κ1) is 17.6. The molecule has 2 heteroatoms. The molecule has 0 heterocycles. The highest BCUT2D eigenvalue weighted by atomic mass is 16.5. The molecule has 2 aromatic rings. The lowest BCUT2D eigenvalue weighted by Crippen LogP contribution is -2.19. The average Bonchev–Trinajstić information content (AvgIpc) is 2.55. The van der Waals surface area contributed by atoms with Crippen molar-refractivity contribution in [3.63, 3.8) is 0 Å². The summed E-state index contributed by atoms with van der Waals surface area (Å²) in [6, 6.07) is 17.3. The molecule has 1 N–H and O–H groups in total. The number of ether oxygens (including phenoxy) is 1. The molecule has 0 aliphatic rings. The normalized spacial score (nSPS) is 12.4. The van der Waals surface area contributed by atoms with Crippen LogP contribution in [0.4, 0.5) is 0 Å². The van der Waals surface area contributed by atoms with Gasteiger partial charge in [-0.2, -0.15) is 0 Å². The zero-order valence-electron chi connectivity index (χ0n) is 14.8. The fourth-order valence-corrected chi connectivity index (χ4v) is 2.75. The number of rotatable bonds is 8. The average molecular weight is 311 g/mol.